The van der Waals surface area contributed by atoms with Crippen molar-refractivity contribution >= 4 is 63.8 Å². The summed E-state index contributed by atoms with van der Waals surface area (Å²) >= 11 is 8.76. The van der Waals surface area contributed by atoms with Crippen LogP contribution in [0.3, 0.4) is 0 Å². The van der Waals surface area contributed by atoms with Gasteiger partial charge in [-0.05, 0) is 78.3 Å². The number of benzene rings is 3. The molecule has 3 heterocycles. The van der Waals surface area contributed by atoms with Gasteiger partial charge in [-0.3, -0.25) is 24.1 Å². The van der Waals surface area contributed by atoms with Crippen molar-refractivity contribution in [2.75, 3.05) is 23.9 Å². The number of ether oxygens (including phenoxy) is 2. The van der Waals surface area contributed by atoms with Crippen molar-refractivity contribution in [3.05, 3.63) is 97.4 Å². The van der Waals surface area contributed by atoms with Crippen molar-refractivity contribution < 1.29 is 37.0 Å². The number of H-pyrrole nitrogens is 1. The van der Waals surface area contributed by atoms with Crippen LogP contribution in [0.4, 0.5) is 24.5 Å². The first-order chi connectivity index (χ1) is 23.9. The normalized spacial score (nSPS) is 26.4. The van der Waals surface area contributed by atoms with Crippen molar-refractivity contribution in [3.8, 4) is 11.5 Å². The number of para-hydroxylation sites is 1. The number of hydrogen-bond acceptors (Lipinski definition) is 8. The van der Waals surface area contributed by atoms with Gasteiger partial charge in [0.1, 0.15) is 0 Å². The third kappa shape index (κ3) is 5.30. The quantitative estimate of drug-likeness (QED) is 0.200. The molecule has 7 atom stereocenters. The molecule has 9 nitrogen and oxygen atoms in total. The number of nitrogens with zero attached hydrogens (tertiary/aromatic N) is 1. The monoisotopic (exact) mass is 741 g/mol. The Morgan fingerprint density at radius 1 is 1.00 bits per heavy atom. The van der Waals surface area contributed by atoms with E-state index in [1.165, 1.54) is 24.1 Å². The molecule has 3 aromatic carbocycles. The molecule has 2 saturated carbocycles. The van der Waals surface area contributed by atoms with Crippen molar-refractivity contribution in [2.24, 2.45) is 29.6 Å². The molecule has 4 aliphatic rings. The fourth-order valence-corrected chi connectivity index (χ4v) is 11.4. The Morgan fingerprint density at radius 2 is 1.72 bits per heavy atom. The third-order valence-electron chi connectivity index (χ3n) is 10.2. The van der Waals surface area contributed by atoms with Gasteiger partial charge in [-0.1, -0.05) is 41.1 Å². The number of anilines is 2. The lowest BCUT2D eigenvalue weighted by atomic mass is 9.68. The largest absolute Gasteiger partial charge is 0.493 e. The molecule has 258 valence electrons. The van der Waals surface area contributed by atoms with Crippen molar-refractivity contribution in [1.82, 2.24) is 4.98 Å². The fraction of sp³-hybridized carbons (Fsp3) is 0.314. The fourth-order valence-electron chi connectivity index (χ4n) is 8.40. The van der Waals surface area contributed by atoms with Gasteiger partial charge in [0.2, 0.25) is 11.8 Å². The predicted molar refractivity (Wildman–Crippen MR) is 181 cm³/mol. The number of hydrogen-bond donors (Lipinski definition) is 2. The first-order valence-electron chi connectivity index (χ1n) is 15.7. The average Bonchev–Trinajstić information content (AvgIpc) is 3.82. The van der Waals surface area contributed by atoms with Gasteiger partial charge in [-0.25, -0.2) is 0 Å². The van der Waals surface area contributed by atoms with E-state index in [1.807, 2.05) is 6.07 Å². The Bertz CT molecular complexity index is 2100. The second-order valence-corrected chi connectivity index (χ2v) is 15.4. The van der Waals surface area contributed by atoms with Gasteiger partial charge >= 0.3 is 11.0 Å². The summed E-state index contributed by atoms with van der Waals surface area (Å²) in [6.07, 6.45) is -3.94. The molecule has 0 spiro atoms. The summed E-state index contributed by atoms with van der Waals surface area (Å²) < 4.78 is 51.6. The predicted octanol–water partition coefficient (Wildman–Crippen LogP) is 6.81. The van der Waals surface area contributed by atoms with Gasteiger partial charge < -0.3 is 19.8 Å². The van der Waals surface area contributed by atoms with Crippen LogP contribution in [0.5, 0.6) is 11.5 Å². The van der Waals surface area contributed by atoms with Crippen LogP contribution in [0.25, 0.3) is 0 Å². The molecule has 1 aromatic heterocycles. The lowest BCUT2D eigenvalue weighted by Crippen LogP contribution is -2.42. The molecule has 2 aliphatic carbocycles. The van der Waals surface area contributed by atoms with Crippen LogP contribution >= 0.6 is 34.7 Å². The number of amides is 3. The van der Waals surface area contributed by atoms with E-state index < -0.39 is 36.1 Å². The number of thiazole rings is 1. The number of carbonyl (C=O) groups excluding carboxylic acids is 3. The second kappa shape index (κ2) is 12.2. The molecular formula is C35H27ClF3N3O6S2. The Labute approximate surface area is 296 Å². The maximum atomic E-state index is 14.0. The molecule has 0 unspecified atom stereocenters. The Hall–Kier alpha value is -4.27. The number of carbonyl (C=O) groups is 3. The van der Waals surface area contributed by atoms with Crippen LogP contribution in [0.15, 0.2) is 76.6 Å². The lowest BCUT2D eigenvalue weighted by molar-refractivity contribution is -0.137. The van der Waals surface area contributed by atoms with Gasteiger partial charge in [0, 0.05) is 21.1 Å². The van der Waals surface area contributed by atoms with Gasteiger partial charge in [0.15, 0.2) is 18.1 Å². The Morgan fingerprint density at radius 3 is 2.44 bits per heavy atom. The summed E-state index contributed by atoms with van der Waals surface area (Å²) in [5.74, 6) is -2.23. The number of thioether (sulfide) groups is 1. The Balaban J connectivity index is 1.07. The first-order valence-corrected chi connectivity index (χ1v) is 17.8. The van der Waals surface area contributed by atoms with Crippen LogP contribution in [-0.2, 0) is 20.6 Å². The maximum absolute atomic E-state index is 14.0. The van der Waals surface area contributed by atoms with Gasteiger partial charge in [-0.15, -0.1) is 11.8 Å². The average molecular weight is 742 g/mol. The molecule has 3 fully saturated rings. The molecule has 2 N–H and O–H groups in total. The van der Waals surface area contributed by atoms with E-state index in [9.17, 15) is 32.3 Å². The van der Waals surface area contributed by atoms with Crippen LogP contribution in [0, 0.1) is 29.6 Å². The van der Waals surface area contributed by atoms with E-state index in [1.54, 1.807) is 48.2 Å². The molecular weight excluding hydrogens is 715 g/mol. The minimum atomic E-state index is -4.65. The maximum Gasteiger partial charge on any atom is 0.418 e. The van der Waals surface area contributed by atoms with Crippen molar-refractivity contribution in [3.63, 3.8) is 0 Å². The van der Waals surface area contributed by atoms with Crippen LogP contribution in [0.1, 0.15) is 28.3 Å². The van der Waals surface area contributed by atoms with Crippen molar-refractivity contribution in [2.45, 2.75) is 28.8 Å². The highest BCUT2D eigenvalue weighted by Crippen LogP contribution is 2.69. The second-order valence-electron chi connectivity index (χ2n) is 12.7. The SMILES string of the molecule is COc1cc([C@@H]2c3sc(=O)[nH]c3S[C@@H]3[C@@H]4C[C@@H]([C@@H]5C(=O)N(c6ccc(Cl)cc6)C(=O)[C@@H]45)[C@H]23)ccc1OCC(=O)Nc1ccccc1C(F)(F)F. The van der Waals surface area contributed by atoms with Gasteiger partial charge in [0.05, 0.1) is 40.9 Å². The summed E-state index contributed by atoms with van der Waals surface area (Å²) in [4.78, 5) is 58.1. The number of halogens is 4. The van der Waals surface area contributed by atoms with E-state index in [2.05, 4.69) is 10.3 Å². The van der Waals surface area contributed by atoms with E-state index in [4.69, 9.17) is 21.1 Å². The number of fused-ring (bicyclic) bond motifs is 9. The number of aromatic nitrogens is 1. The first kappa shape index (κ1) is 32.9. The molecule has 4 aromatic rings. The highest BCUT2D eigenvalue weighted by Gasteiger charge is 2.69. The highest BCUT2D eigenvalue weighted by atomic mass is 35.5. The summed E-state index contributed by atoms with van der Waals surface area (Å²) in [5, 5.41) is 3.48. The highest BCUT2D eigenvalue weighted by molar-refractivity contribution is 8.00. The molecule has 15 heteroatoms. The van der Waals surface area contributed by atoms with E-state index >= 15 is 0 Å². The number of nitrogens with one attached hydrogen (secondary N) is 2. The van der Waals surface area contributed by atoms with E-state index in [0.29, 0.717) is 17.1 Å². The summed E-state index contributed by atoms with van der Waals surface area (Å²) in [7, 11) is 1.43. The lowest BCUT2D eigenvalue weighted by Gasteiger charge is -2.43. The number of aromatic amines is 1. The minimum Gasteiger partial charge on any atom is -0.493 e. The summed E-state index contributed by atoms with van der Waals surface area (Å²) in [6.45, 7) is -0.580. The standard InChI is InChI=1S/C35H27ClF3N3O6S2/c1-47-23-12-15(6-11-22(23)48-14-24(43)40-21-5-3-2-4-20(21)35(37,38)39)25-26-18-13-19(29(26)49-31-30(25)50-34(46)41-31)28-27(18)32(44)42(33(28)45)17-9-7-16(36)8-10-17/h2-12,18-19,25-29H,13-14H2,1H3,(H,40,43)(H,41,46)/t18-,19-,25+,26-,27+,28+,29-/m1/s1. The number of alkyl halides is 3. The number of imide groups is 1. The molecule has 50 heavy (non-hydrogen) atoms. The summed E-state index contributed by atoms with van der Waals surface area (Å²) in [6, 6.07) is 16.5. The van der Waals surface area contributed by atoms with Gasteiger partial charge in [0.25, 0.3) is 5.91 Å². The van der Waals surface area contributed by atoms with Crippen LogP contribution in [0.2, 0.25) is 5.02 Å². The van der Waals surface area contributed by atoms with Crippen LogP contribution in [-0.4, -0.2) is 41.7 Å². The zero-order valence-corrected chi connectivity index (χ0v) is 28.4. The van der Waals surface area contributed by atoms with Crippen LogP contribution < -0.4 is 24.6 Å². The third-order valence-corrected chi connectivity index (χ3v) is 13.1. The van der Waals surface area contributed by atoms with E-state index in [0.717, 1.165) is 38.9 Å². The zero-order valence-electron chi connectivity index (χ0n) is 26.0. The molecule has 0 radical (unpaired) electrons. The summed E-state index contributed by atoms with van der Waals surface area (Å²) in [5.41, 5.74) is -0.0555. The van der Waals surface area contributed by atoms with E-state index in [-0.39, 0.29) is 62.8 Å². The number of rotatable bonds is 7. The van der Waals surface area contributed by atoms with Gasteiger partial charge in [-0.2, -0.15) is 13.2 Å². The number of methoxy groups -OCH3 is 1. The topological polar surface area (TPSA) is 118 Å². The smallest absolute Gasteiger partial charge is 0.418 e. The zero-order chi connectivity index (χ0) is 35.1. The minimum absolute atomic E-state index is 0.0314. The molecule has 1 saturated heterocycles. The molecule has 2 bridgehead atoms. The molecule has 2 aliphatic heterocycles. The molecule has 8 rings (SSSR count). The van der Waals surface area contributed by atoms with Crippen molar-refractivity contribution in [1.29, 1.82) is 0 Å². The Kier molecular flexibility index (Phi) is 8.03. The molecule has 3 amide bonds.